The molecule has 3 heteroatoms. The van der Waals surface area contributed by atoms with Gasteiger partial charge in [0, 0.05) is 5.57 Å². The Morgan fingerprint density at radius 3 is 2.53 bits per heavy atom. The third kappa shape index (κ3) is 1.74. The lowest BCUT2D eigenvalue weighted by Crippen LogP contribution is -2.19. The number of carbonyl (C=O) groups excluding carboxylic acids is 1. The van der Waals surface area contributed by atoms with Gasteiger partial charge in [-0.15, -0.1) is 0 Å². The van der Waals surface area contributed by atoms with Crippen LogP contribution in [-0.2, 0) is 9.59 Å². The van der Waals surface area contributed by atoms with E-state index in [1.807, 2.05) is 13.8 Å². The van der Waals surface area contributed by atoms with Crippen LogP contribution in [0.25, 0.3) is 0 Å². The van der Waals surface area contributed by atoms with Crippen LogP contribution < -0.4 is 0 Å². The van der Waals surface area contributed by atoms with Crippen molar-refractivity contribution >= 4 is 11.8 Å². The molecule has 1 N–H and O–H groups in total. The first kappa shape index (κ1) is 11.7. The van der Waals surface area contributed by atoms with Gasteiger partial charge in [0.15, 0.2) is 5.78 Å². The summed E-state index contributed by atoms with van der Waals surface area (Å²) in [5, 5.41) is 9.09. The standard InChI is InChI=1S/C12H16O3/c1-5-6(2)9-7(3)11(13)8(4)10(9)12(14)15/h6,10H,4-5H2,1-3H3,(H,14,15). The SMILES string of the molecule is C=C1C(=O)C(C)=C(C(C)CC)C1C(=O)O. The zero-order valence-electron chi connectivity index (χ0n) is 9.33. The fourth-order valence-electron chi connectivity index (χ4n) is 2.06. The van der Waals surface area contributed by atoms with E-state index in [2.05, 4.69) is 6.58 Å². The van der Waals surface area contributed by atoms with Crippen LogP contribution in [0.4, 0.5) is 0 Å². The minimum atomic E-state index is -0.972. The molecular weight excluding hydrogens is 192 g/mol. The normalized spacial score (nSPS) is 23.5. The van der Waals surface area contributed by atoms with Gasteiger partial charge in [0.25, 0.3) is 0 Å². The predicted molar refractivity (Wildman–Crippen MR) is 57.4 cm³/mol. The molecule has 0 fully saturated rings. The summed E-state index contributed by atoms with van der Waals surface area (Å²) in [4.78, 5) is 22.7. The summed E-state index contributed by atoms with van der Waals surface area (Å²) in [6.07, 6.45) is 0.830. The molecule has 1 aliphatic carbocycles. The van der Waals surface area contributed by atoms with Gasteiger partial charge in [-0.25, -0.2) is 0 Å². The number of carbonyl (C=O) groups is 2. The monoisotopic (exact) mass is 208 g/mol. The number of rotatable bonds is 3. The molecule has 0 bridgehead atoms. The molecule has 2 unspecified atom stereocenters. The largest absolute Gasteiger partial charge is 0.481 e. The fraction of sp³-hybridized carbons (Fsp3) is 0.500. The lowest BCUT2D eigenvalue weighted by Gasteiger charge is -2.16. The first-order chi connectivity index (χ1) is 6.91. The molecule has 0 amide bonds. The quantitative estimate of drug-likeness (QED) is 0.723. The van der Waals surface area contributed by atoms with E-state index in [-0.39, 0.29) is 17.3 Å². The summed E-state index contributed by atoms with van der Waals surface area (Å²) >= 11 is 0. The second-order valence-electron chi connectivity index (χ2n) is 4.02. The van der Waals surface area contributed by atoms with Crippen molar-refractivity contribution in [3.63, 3.8) is 0 Å². The maximum atomic E-state index is 11.6. The van der Waals surface area contributed by atoms with Crippen LogP contribution in [0, 0.1) is 11.8 Å². The van der Waals surface area contributed by atoms with Gasteiger partial charge in [0.05, 0.1) is 0 Å². The van der Waals surface area contributed by atoms with E-state index in [9.17, 15) is 9.59 Å². The topological polar surface area (TPSA) is 54.4 Å². The van der Waals surface area contributed by atoms with E-state index >= 15 is 0 Å². The lowest BCUT2D eigenvalue weighted by atomic mass is 9.87. The maximum absolute atomic E-state index is 11.6. The Hall–Kier alpha value is -1.38. The Labute approximate surface area is 89.5 Å². The molecule has 0 saturated carbocycles. The first-order valence-corrected chi connectivity index (χ1v) is 5.08. The smallest absolute Gasteiger partial charge is 0.315 e. The summed E-state index contributed by atoms with van der Waals surface area (Å²) < 4.78 is 0. The lowest BCUT2D eigenvalue weighted by molar-refractivity contribution is -0.139. The van der Waals surface area contributed by atoms with E-state index in [1.165, 1.54) is 0 Å². The van der Waals surface area contributed by atoms with E-state index < -0.39 is 11.9 Å². The van der Waals surface area contributed by atoms with Crippen molar-refractivity contribution in [2.75, 3.05) is 0 Å². The highest BCUT2D eigenvalue weighted by molar-refractivity contribution is 6.15. The Balaban J connectivity index is 3.23. The summed E-state index contributed by atoms with van der Waals surface area (Å²) in [5.74, 6) is -1.85. The average Bonchev–Trinajstić information content (AvgIpc) is 2.41. The van der Waals surface area contributed by atoms with Gasteiger partial charge >= 0.3 is 5.97 Å². The van der Waals surface area contributed by atoms with Crippen molar-refractivity contribution < 1.29 is 14.7 Å². The van der Waals surface area contributed by atoms with Gasteiger partial charge in [-0.2, -0.15) is 0 Å². The first-order valence-electron chi connectivity index (χ1n) is 5.08. The van der Waals surface area contributed by atoms with Crippen LogP contribution in [0.5, 0.6) is 0 Å². The molecule has 82 valence electrons. The second-order valence-corrected chi connectivity index (χ2v) is 4.02. The fourth-order valence-corrected chi connectivity index (χ4v) is 2.06. The molecule has 2 atom stereocenters. The number of hydrogen-bond acceptors (Lipinski definition) is 2. The zero-order chi connectivity index (χ0) is 11.7. The maximum Gasteiger partial charge on any atom is 0.315 e. The van der Waals surface area contributed by atoms with Gasteiger partial charge in [-0.05, 0) is 30.4 Å². The Bertz CT molecular complexity index is 363. The van der Waals surface area contributed by atoms with Crippen LogP contribution in [0.3, 0.4) is 0 Å². The number of Topliss-reactive ketones (excluding diaryl/α,β-unsaturated/α-hetero) is 1. The number of allylic oxidation sites excluding steroid dienone is 1. The minimum absolute atomic E-state index is 0.120. The molecule has 1 aliphatic rings. The van der Waals surface area contributed by atoms with Crippen molar-refractivity contribution in [3.05, 3.63) is 23.3 Å². The summed E-state index contributed by atoms with van der Waals surface area (Å²) in [7, 11) is 0. The zero-order valence-corrected chi connectivity index (χ0v) is 9.33. The summed E-state index contributed by atoms with van der Waals surface area (Å²) in [5.41, 5.74) is 1.51. The van der Waals surface area contributed by atoms with Crippen LogP contribution in [0.15, 0.2) is 23.3 Å². The van der Waals surface area contributed by atoms with Crippen LogP contribution >= 0.6 is 0 Å². The third-order valence-corrected chi connectivity index (χ3v) is 3.11. The number of hydrogen-bond donors (Lipinski definition) is 1. The molecule has 0 radical (unpaired) electrons. The Morgan fingerprint density at radius 1 is 1.60 bits per heavy atom. The van der Waals surface area contributed by atoms with Crippen LogP contribution in [-0.4, -0.2) is 16.9 Å². The number of ketones is 1. The van der Waals surface area contributed by atoms with Crippen LogP contribution in [0.1, 0.15) is 27.2 Å². The number of aliphatic carboxylic acids is 1. The van der Waals surface area contributed by atoms with Crippen molar-refractivity contribution in [3.8, 4) is 0 Å². The van der Waals surface area contributed by atoms with Crippen LogP contribution in [0.2, 0.25) is 0 Å². The number of carboxylic acids is 1. The molecule has 0 saturated heterocycles. The molecule has 0 aliphatic heterocycles. The average molecular weight is 208 g/mol. The Kier molecular flexibility index (Phi) is 3.12. The summed E-state index contributed by atoms with van der Waals surface area (Å²) in [6.45, 7) is 9.20. The molecule has 3 nitrogen and oxygen atoms in total. The molecule has 0 spiro atoms. The van der Waals surface area contributed by atoms with E-state index in [1.54, 1.807) is 6.92 Å². The Morgan fingerprint density at radius 2 is 2.13 bits per heavy atom. The van der Waals surface area contributed by atoms with Gasteiger partial charge in [-0.3, -0.25) is 9.59 Å². The van der Waals surface area contributed by atoms with Crippen molar-refractivity contribution in [1.82, 2.24) is 0 Å². The molecule has 0 heterocycles. The molecule has 0 aromatic heterocycles. The van der Waals surface area contributed by atoms with E-state index in [4.69, 9.17) is 5.11 Å². The van der Waals surface area contributed by atoms with Crippen molar-refractivity contribution in [2.45, 2.75) is 27.2 Å². The van der Waals surface area contributed by atoms with E-state index in [0.717, 1.165) is 12.0 Å². The van der Waals surface area contributed by atoms with Gasteiger partial charge in [0.1, 0.15) is 5.92 Å². The van der Waals surface area contributed by atoms with Gasteiger partial charge < -0.3 is 5.11 Å². The van der Waals surface area contributed by atoms with Crippen molar-refractivity contribution in [1.29, 1.82) is 0 Å². The van der Waals surface area contributed by atoms with E-state index in [0.29, 0.717) is 5.57 Å². The molecular formula is C12H16O3. The predicted octanol–water partition coefficient (Wildman–Crippen LogP) is 2.19. The molecule has 0 aromatic carbocycles. The number of carboxylic acid groups (broad SMARTS) is 1. The minimum Gasteiger partial charge on any atom is -0.481 e. The second kappa shape index (κ2) is 4.01. The summed E-state index contributed by atoms with van der Waals surface area (Å²) in [6, 6.07) is 0. The highest BCUT2D eigenvalue weighted by Crippen LogP contribution is 2.38. The molecule has 1 rings (SSSR count). The molecule has 15 heavy (non-hydrogen) atoms. The molecule has 0 aromatic rings. The van der Waals surface area contributed by atoms with Crippen molar-refractivity contribution in [2.24, 2.45) is 11.8 Å². The highest BCUT2D eigenvalue weighted by atomic mass is 16.4. The van der Waals surface area contributed by atoms with Gasteiger partial charge in [0.2, 0.25) is 0 Å². The third-order valence-electron chi connectivity index (χ3n) is 3.11. The highest BCUT2D eigenvalue weighted by Gasteiger charge is 2.39. The van der Waals surface area contributed by atoms with Gasteiger partial charge in [-0.1, -0.05) is 20.4 Å².